The van der Waals surface area contributed by atoms with Crippen molar-refractivity contribution in [2.45, 2.75) is 89.3 Å². The average molecular weight is 548 g/mol. The number of hydrogen-bond donors (Lipinski definition) is 5. The van der Waals surface area contributed by atoms with E-state index in [-0.39, 0.29) is 0 Å². The first kappa shape index (κ1) is 28.8. The van der Waals surface area contributed by atoms with E-state index >= 15 is 0 Å². The summed E-state index contributed by atoms with van der Waals surface area (Å²) >= 11 is 0. The minimum Gasteiger partial charge on any atom is -0.367 e. The molecule has 3 aromatic rings. The molecule has 40 heavy (non-hydrogen) atoms. The van der Waals surface area contributed by atoms with Crippen LogP contribution in [0, 0.1) is 0 Å². The monoisotopic (exact) mass is 547 g/mol. The summed E-state index contributed by atoms with van der Waals surface area (Å²) in [5.41, 5.74) is 2.07. The first-order valence-electron chi connectivity index (χ1n) is 15.8. The molecule has 218 valence electrons. The molecule has 5 rings (SSSR count). The van der Waals surface area contributed by atoms with Crippen LogP contribution >= 0.6 is 0 Å². The Morgan fingerprint density at radius 3 is 2.60 bits per heavy atom. The zero-order valence-corrected chi connectivity index (χ0v) is 24.1. The second-order valence-electron chi connectivity index (χ2n) is 11.5. The molecule has 0 atom stereocenters. The van der Waals surface area contributed by atoms with Crippen molar-refractivity contribution in [3.63, 3.8) is 0 Å². The van der Waals surface area contributed by atoms with Crippen LogP contribution in [0.3, 0.4) is 0 Å². The van der Waals surface area contributed by atoms with Crippen molar-refractivity contribution in [1.29, 1.82) is 0 Å². The van der Waals surface area contributed by atoms with E-state index in [2.05, 4.69) is 60.5 Å². The number of aromatic nitrogens is 4. The van der Waals surface area contributed by atoms with Crippen molar-refractivity contribution in [3.05, 3.63) is 42.5 Å². The van der Waals surface area contributed by atoms with Crippen molar-refractivity contribution in [2.24, 2.45) is 0 Å². The molecule has 1 aromatic carbocycles. The predicted octanol–water partition coefficient (Wildman–Crippen LogP) is 4.33. The Morgan fingerprint density at radius 2 is 1.70 bits per heavy atom. The number of aryl methyl sites for hydroxylation is 1. The molecule has 9 heteroatoms. The van der Waals surface area contributed by atoms with Gasteiger partial charge >= 0.3 is 0 Å². The minimum absolute atomic E-state index is 0.445. The molecule has 2 fully saturated rings. The maximum Gasteiger partial charge on any atom is 0.225 e. The molecule has 1 saturated carbocycles. The molecular weight excluding hydrogens is 498 g/mol. The summed E-state index contributed by atoms with van der Waals surface area (Å²) in [4.78, 5) is 14.2. The summed E-state index contributed by atoms with van der Waals surface area (Å²) in [7, 11) is 0. The number of rotatable bonds is 16. The Labute approximate surface area is 239 Å². The number of unbranched alkanes of at least 4 members (excludes halogenated alkanes) is 1. The summed E-state index contributed by atoms with van der Waals surface area (Å²) in [5, 5.41) is 18.9. The van der Waals surface area contributed by atoms with E-state index < -0.39 is 0 Å². The number of nitrogens with one attached hydrogen (secondary N) is 5. The highest BCUT2D eigenvalue weighted by atomic mass is 15.2. The Balaban J connectivity index is 0.975. The normalized spacial score (nSPS) is 16.9. The van der Waals surface area contributed by atoms with Gasteiger partial charge in [-0.15, -0.1) is 0 Å². The van der Waals surface area contributed by atoms with Crippen LogP contribution in [0.15, 0.2) is 36.8 Å². The quantitative estimate of drug-likeness (QED) is 0.169. The lowest BCUT2D eigenvalue weighted by atomic mass is 9.95. The van der Waals surface area contributed by atoms with Crippen molar-refractivity contribution >= 4 is 22.7 Å². The second-order valence-corrected chi connectivity index (χ2v) is 11.5. The van der Waals surface area contributed by atoms with E-state index in [1.165, 1.54) is 51.4 Å². The van der Waals surface area contributed by atoms with Gasteiger partial charge in [0.2, 0.25) is 5.95 Å². The lowest BCUT2D eigenvalue weighted by molar-refractivity contribution is 0.371. The van der Waals surface area contributed by atoms with E-state index in [0.29, 0.717) is 12.0 Å². The van der Waals surface area contributed by atoms with Gasteiger partial charge in [-0.3, -0.25) is 0 Å². The van der Waals surface area contributed by atoms with E-state index in [1.807, 2.05) is 12.4 Å². The smallest absolute Gasteiger partial charge is 0.225 e. The van der Waals surface area contributed by atoms with E-state index in [0.717, 1.165) is 93.5 Å². The van der Waals surface area contributed by atoms with Crippen LogP contribution in [0.4, 0.5) is 11.8 Å². The fraction of sp³-hybridized carbons (Fsp3) is 0.645. The van der Waals surface area contributed by atoms with Crippen molar-refractivity contribution in [1.82, 2.24) is 35.5 Å². The average Bonchev–Trinajstić information content (AvgIpc) is 3.45. The van der Waals surface area contributed by atoms with Crippen molar-refractivity contribution < 1.29 is 0 Å². The van der Waals surface area contributed by atoms with Crippen molar-refractivity contribution in [3.8, 4) is 0 Å². The zero-order valence-electron chi connectivity index (χ0n) is 24.1. The molecule has 3 heterocycles. The number of nitrogens with zero attached hydrogens (tertiary/aromatic N) is 4. The Hall–Kier alpha value is -2.75. The second kappa shape index (κ2) is 15.9. The highest BCUT2D eigenvalue weighted by Crippen LogP contribution is 2.24. The first-order valence-corrected chi connectivity index (χ1v) is 15.8. The summed E-state index contributed by atoms with van der Waals surface area (Å²) < 4.78 is 2.22. The SMILES string of the molecule is c1ccc2c(NC3CCNCC3)nc(NCCc3cn(CCCCNCCCNC4CCCCC4)cn3)nc2c1. The van der Waals surface area contributed by atoms with Gasteiger partial charge in [0, 0.05) is 43.2 Å². The van der Waals surface area contributed by atoms with Gasteiger partial charge < -0.3 is 31.2 Å². The number of imidazole rings is 1. The fourth-order valence-corrected chi connectivity index (χ4v) is 5.88. The summed E-state index contributed by atoms with van der Waals surface area (Å²) in [6.45, 7) is 7.22. The first-order chi connectivity index (χ1) is 19.8. The molecular formula is C31H49N9. The topological polar surface area (TPSA) is 104 Å². The van der Waals surface area contributed by atoms with Gasteiger partial charge in [0.15, 0.2) is 0 Å². The van der Waals surface area contributed by atoms with Crippen molar-refractivity contribution in [2.75, 3.05) is 49.9 Å². The van der Waals surface area contributed by atoms with Crippen LogP contribution in [-0.4, -0.2) is 70.9 Å². The fourth-order valence-electron chi connectivity index (χ4n) is 5.88. The third kappa shape index (κ3) is 9.14. The predicted molar refractivity (Wildman–Crippen MR) is 165 cm³/mol. The van der Waals surface area contributed by atoms with Gasteiger partial charge in [-0.1, -0.05) is 31.4 Å². The number of hydrogen-bond acceptors (Lipinski definition) is 8. The van der Waals surface area contributed by atoms with E-state index in [9.17, 15) is 0 Å². The maximum atomic E-state index is 4.85. The van der Waals surface area contributed by atoms with Crippen LogP contribution in [-0.2, 0) is 13.0 Å². The number of para-hydroxylation sites is 1. The third-order valence-corrected chi connectivity index (χ3v) is 8.22. The van der Waals surface area contributed by atoms with Gasteiger partial charge in [0.05, 0.1) is 17.5 Å². The Morgan fingerprint density at radius 1 is 0.850 bits per heavy atom. The number of piperidine rings is 1. The summed E-state index contributed by atoms with van der Waals surface area (Å²) in [6, 6.07) is 9.46. The standard InChI is InChI=1S/C31H49N9/c1-2-9-25(10-3-1)34-18-8-17-32-16-6-7-22-40-23-27(36-24-40)15-21-35-31-38-29-12-5-4-11-28(29)30(39-31)37-26-13-19-33-20-14-26/h4-5,11-12,23-26,32-34H,1-3,6-10,13-22H2,(H2,35,37,38,39). The van der Waals surface area contributed by atoms with E-state index in [4.69, 9.17) is 9.97 Å². The summed E-state index contributed by atoms with van der Waals surface area (Å²) in [5.74, 6) is 1.60. The third-order valence-electron chi connectivity index (χ3n) is 8.22. The van der Waals surface area contributed by atoms with Gasteiger partial charge in [-0.05, 0) is 89.8 Å². The molecule has 9 nitrogen and oxygen atoms in total. The number of anilines is 2. The molecule has 0 unspecified atom stereocenters. The highest BCUT2D eigenvalue weighted by molar-refractivity contribution is 5.90. The Bertz CT molecular complexity index is 1130. The van der Waals surface area contributed by atoms with E-state index in [1.54, 1.807) is 0 Å². The molecule has 1 aliphatic heterocycles. The highest BCUT2D eigenvalue weighted by Gasteiger charge is 2.16. The molecule has 2 aromatic heterocycles. The molecule has 0 amide bonds. The van der Waals surface area contributed by atoms with Crippen LogP contribution in [0.5, 0.6) is 0 Å². The van der Waals surface area contributed by atoms with Gasteiger partial charge in [-0.2, -0.15) is 4.98 Å². The molecule has 0 spiro atoms. The molecule has 5 N–H and O–H groups in total. The lowest BCUT2D eigenvalue weighted by Crippen LogP contribution is -2.35. The van der Waals surface area contributed by atoms with Crippen LogP contribution in [0.1, 0.15) is 69.9 Å². The van der Waals surface area contributed by atoms with Gasteiger partial charge in [-0.25, -0.2) is 9.97 Å². The molecule has 2 aliphatic rings. The Kier molecular flexibility index (Phi) is 11.4. The zero-order chi connectivity index (χ0) is 27.2. The number of benzene rings is 1. The summed E-state index contributed by atoms with van der Waals surface area (Å²) in [6.07, 6.45) is 17.8. The van der Waals surface area contributed by atoms with Gasteiger partial charge in [0.25, 0.3) is 0 Å². The molecule has 0 radical (unpaired) electrons. The van der Waals surface area contributed by atoms with Crippen LogP contribution < -0.4 is 26.6 Å². The molecule has 1 saturated heterocycles. The molecule has 0 bridgehead atoms. The van der Waals surface area contributed by atoms with Gasteiger partial charge in [0.1, 0.15) is 5.82 Å². The largest absolute Gasteiger partial charge is 0.367 e. The molecule has 1 aliphatic carbocycles. The lowest BCUT2D eigenvalue weighted by Gasteiger charge is -2.25. The minimum atomic E-state index is 0.445. The van der Waals surface area contributed by atoms with Crippen LogP contribution in [0.25, 0.3) is 10.9 Å². The van der Waals surface area contributed by atoms with Crippen LogP contribution in [0.2, 0.25) is 0 Å². The maximum absolute atomic E-state index is 4.85. The number of fused-ring (bicyclic) bond motifs is 1.